The molecule has 226 valence electrons. The van der Waals surface area contributed by atoms with E-state index in [4.69, 9.17) is 18.6 Å². The van der Waals surface area contributed by atoms with Crippen molar-refractivity contribution < 1.29 is 23.4 Å². The molecule has 5 rings (SSSR count). The SMILES string of the molecule is CC(=O)O[C@@H]1[C@H]([C@@]2(C)CC[C@H](O[Si](C)(C)C(C)(C)C)C[C@@H]2CCn2cncn2)CC[C@@]2(C)[C@@H]1CCC21OCCO1. The van der Waals surface area contributed by atoms with Crippen molar-refractivity contribution in [2.45, 2.75) is 136 Å². The lowest BCUT2D eigenvalue weighted by molar-refractivity contribution is -0.252. The number of esters is 1. The van der Waals surface area contributed by atoms with Gasteiger partial charge in [0, 0.05) is 43.2 Å². The first kappa shape index (κ1) is 30.2. The molecule has 1 aromatic rings. The molecule has 0 bridgehead atoms. The monoisotopic (exact) mass is 575 g/mol. The zero-order chi connectivity index (χ0) is 29.0. The summed E-state index contributed by atoms with van der Waals surface area (Å²) in [6, 6.07) is 0. The third-order valence-electron chi connectivity index (χ3n) is 12.1. The minimum absolute atomic E-state index is 0.0302. The van der Waals surface area contributed by atoms with Gasteiger partial charge in [-0.1, -0.05) is 34.6 Å². The lowest BCUT2D eigenvalue weighted by Crippen LogP contribution is -2.58. The Kier molecular flexibility index (Phi) is 8.12. The normalized spacial score (nSPS) is 38.0. The van der Waals surface area contributed by atoms with Crippen LogP contribution in [0.5, 0.6) is 0 Å². The van der Waals surface area contributed by atoms with Crippen LogP contribution in [0.3, 0.4) is 0 Å². The molecule has 1 aliphatic heterocycles. The molecule has 7 atom stereocenters. The molecule has 1 aromatic heterocycles. The average Bonchev–Trinajstić information content (AvgIpc) is 3.61. The summed E-state index contributed by atoms with van der Waals surface area (Å²) in [5, 5.41) is 4.58. The van der Waals surface area contributed by atoms with E-state index in [0.29, 0.717) is 25.0 Å². The van der Waals surface area contributed by atoms with Gasteiger partial charge in [0.05, 0.1) is 13.2 Å². The van der Waals surface area contributed by atoms with Gasteiger partial charge in [-0.25, -0.2) is 4.98 Å². The molecule has 8 nitrogen and oxygen atoms in total. The van der Waals surface area contributed by atoms with Crippen LogP contribution in [0.2, 0.25) is 18.1 Å². The number of nitrogens with zero attached hydrogens (tertiary/aromatic N) is 3. The van der Waals surface area contributed by atoms with Crippen molar-refractivity contribution in [1.29, 1.82) is 0 Å². The molecule has 0 radical (unpaired) electrons. The summed E-state index contributed by atoms with van der Waals surface area (Å²) >= 11 is 0. The molecular formula is C31H53N3O5Si. The van der Waals surface area contributed by atoms with Gasteiger partial charge in [-0.3, -0.25) is 9.48 Å². The molecule has 1 spiro atoms. The smallest absolute Gasteiger partial charge is 0.302 e. The average molecular weight is 576 g/mol. The van der Waals surface area contributed by atoms with Gasteiger partial charge in [0.15, 0.2) is 14.1 Å². The lowest BCUT2D eigenvalue weighted by atomic mass is 9.51. The van der Waals surface area contributed by atoms with E-state index in [9.17, 15) is 4.79 Å². The summed E-state index contributed by atoms with van der Waals surface area (Å²) in [5.41, 5.74) is -0.113. The number of aromatic nitrogens is 3. The van der Waals surface area contributed by atoms with Gasteiger partial charge in [0.1, 0.15) is 18.8 Å². The largest absolute Gasteiger partial charge is 0.462 e. The van der Waals surface area contributed by atoms with Gasteiger partial charge in [0.2, 0.25) is 0 Å². The highest BCUT2D eigenvalue weighted by Gasteiger charge is 2.67. The molecule has 4 aliphatic rings. The maximum Gasteiger partial charge on any atom is 0.302 e. The van der Waals surface area contributed by atoms with Crippen LogP contribution >= 0.6 is 0 Å². The number of carbonyl (C=O) groups excluding carboxylic acids is 1. The predicted octanol–water partition coefficient (Wildman–Crippen LogP) is 6.37. The molecule has 4 fully saturated rings. The number of ether oxygens (including phenoxy) is 3. The highest BCUT2D eigenvalue weighted by Crippen LogP contribution is 2.65. The van der Waals surface area contributed by atoms with Gasteiger partial charge >= 0.3 is 5.97 Å². The number of hydrogen-bond acceptors (Lipinski definition) is 7. The molecular weight excluding hydrogens is 522 g/mol. The molecule has 1 saturated heterocycles. The van der Waals surface area contributed by atoms with Crippen LogP contribution in [-0.4, -0.2) is 60.3 Å². The van der Waals surface area contributed by atoms with Crippen molar-refractivity contribution in [1.82, 2.24) is 14.8 Å². The first-order valence-corrected chi connectivity index (χ1v) is 18.6. The molecule has 9 heteroatoms. The fourth-order valence-electron chi connectivity index (χ4n) is 8.68. The van der Waals surface area contributed by atoms with Crippen LogP contribution in [0.15, 0.2) is 12.7 Å². The molecule has 0 amide bonds. The van der Waals surface area contributed by atoms with Crippen LogP contribution < -0.4 is 0 Å². The highest BCUT2D eigenvalue weighted by atomic mass is 28.4. The van der Waals surface area contributed by atoms with E-state index in [0.717, 1.165) is 57.9 Å². The van der Waals surface area contributed by atoms with Crippen molar-refractivity contribution >= 4 is 14.3 Å². The van der Waals surface area contributed by atoms with Crippen molar-refractivity contribution in [2.75, 3.05) is 13.2 Å². The predicted molar refractivity (Wildman–Crippen MR) is 156 cm³/mol. The Morgan fingerprint density at radius 2 is 1.77 bits per heavy atom. The van der Waals surface area contributed by atoms with E-state index in [1.807, 2.05) is 11.0 Å². The number of rotatable bonds is 7. The minimum atomic E-state index is -1.89. The van der Waals surface area contributed by atoms with Gasteiger partial charge in [-0.05, 0) is 74.4 Å². The number of hydrogen-bond donors (Lipinski definition) is 0. The summed E-state index contributed by atoms with van der Waals surface area (Å²) in [5.74, 6) is 0.263. The van der Waals surface area contributed by atoms with Crippen molar-refractivity contribution in [3.63, 3.8) is 0 Å². The Hall–Kier alpha value is -1.29. The summed E-state index contributed by atoms with van der Waals surface area (Å²) in [6.45, 7) is 20.2. The number of aryl methyl sites for hydroxylation is 1. The van der Waals surface area contributed by atoms with E-state index in [1.165, 1.54) is 0 Å². The van der Waals surface area contributed by atoms with Crippen LogP contribution in [-0.2, 0) is 30.0 Å². The van der Waals surface area contributed by atoms with Crippen molar-refractivity contribution in [3.8, 4) is 0 Å². The van der Waals surface area contributed by atoms with E-state index >= 15 is 0 Å². The molecule has 2 heterocycles. The Bertz CT molecular complexity index is 1040. The second-order valence-corrected chi connectivity index (χ2v) is 19.9. The van der Waals surface area contributed by atoms with E-state index in [1.54, 1.807) is 13.3 Å². The maximum absolute atomic E-state index is 12.6. The van der Waals surface area contributed by atoms with Crippen molar-refractivity contribution in [2.24, 2.45) is 28.6 Å². The molecule has 0 N–H and O–H groups in total. The van der Waals surface area contributed by atoms with E-state index in [-0.39, 0.29) is 40.0 Å². The lowest BCUT2D eigenvalue weighted by Gasteiger charge is -2.58. The first-order chi connectivity index (χ1) is 18.7. The number of carbonyl (C=O) groups is 1. The topological polar surface area (TPSA) is 84.7 Å². The summed E-state index contributed by atoms with van der Waals surface area (Å²) < 4.78 is 28.0. The second kappa shape index (κ2) is 10.8. The standard InChI is InChI=1S/C31H53N3O5Si/c1-22(35)38-27-25(10-14-30(6)26(27)11-15-31(30)36-17-18-37-31)29(5)13-9-24(39-40(7,8)28(2,3)4)19-23(29)12-16-34-21-32-20-33-34/h20-21,23-27H,9-19H2,1-8H3/t23-,24-,25+,26+,27+,29-,30-/m0/s1. The van der Waals surface area contributed by atoms with Crippen molar-refractivity contribution in [3.05, 3.63) is 12.7 Å². The number of fused-ring (bicyclic) bond motifs is 2. The van der Waals surface area contributed by atoms with Gasteiger partial charge in [-0.15, -0.1) is 0 Å². The zero-order valence-electron chi connectivity index (χ0n) is 26.2. The Balaban J connectivity index is 1.43. The Morgan fingerprint density at radius 1 is 1.07 bits per heavy atom. The van der Waals surface area contributed by atoms with Crippen LogP contribution in [0.25, 0.3) is 0 Å². The molecule has 0 aromatic carbocycles. The zero-order valence-corrected chi connectivity index (χ0v) is 27.2. The third-order valence-corrected chi connectivity index (χ3v) is 16.6. The van der Waals surface area contributed by atoms with Gasteiger partial charge < -0.3 is 18.6 Å². The molecule has 40 heavy (non-hydrogen) atoms. The van der Waals surface area contributed by atoms with E-state index < -0.39 is 14.1 Å². The third kappa shape index (κ3) is 5.22. The van der Waals surface area contributed by atoms with Crippen LogP contribution in [0.1, 0.15) is 92.9 Å². The highest BCUT2D eigenvalue weighted by molar-refractivity contribution is 6.74. The maximum atomic E-state index is 12.6. The van der Waals surface area contributed by atoms with Crippen LogP contribution in [0.4, 0.5) is 0 Å². The quantitative estimate of drug-likeness (QED) is 0.276. The summed E-state index contributed by atoms with van der Waals surface area (Å²) in [4.78, 5) is 16.8. The fraction of sp³-hybridized carbons (Fsp3) is 0.903. The fourth-order valence-corrected chi connectivity index (χ4v) is 10.1. The van der Waals surface area contributed by atoms with E-state index in [2.05, 4.69) is 57.8 Å². The van der Waals surface area contributed by atoms with Gasteiger partial charge in [0.25, 0.3) is 0 Å². The molecule has 0 unspecified atom stereocenters. The first-order valence-electron chi connectivity index (χ1n) is 15.7. The molecule has 3 saturated carbocycles. The molecule has 3 aliphatic carbocycles. The second-order valence-electron chi connectivity index (χ2n) is 15.2. The summed E-state index contributed by atoms with van der Waals surface area (Å²) in [6.07, 6.45) is 11.7. The Morgan fingerprint density at radius 3 is 2.40 bits per heavy atom. The van der Waals surface area contributed by atoms with Crippen LogP contribution in [0, 0.1) is 28.6 Å². The van der Waals surface area contributed by atoms with Gasteiger partial charge in [-0.2, -0.15) is 5.10 Å². The summed E-state index contributed by atoms with van der Waals surface area (Å²) in [7, 11) is -1.89. The Labute approximate surface area is 242 Å². The minimum Gasteiger partial charge on any atom is -0.462 e.